The van der Waals surface area contributed by atoms with Gasteiger partial charge in [-0.25, -0.2) is 0 Å². The van der Waals surface area contributed by atoms with Gasteiger partial charge in [-0.1, -0.05) is 58.0 Å². The molecule has 0 radical (unpaired) electrons. The van der Waals surface area contributed by atoms with Gasteiger partial charge in [-0.2, -0.15) is 0 Å². The number of allylic oxidation sites excluding steroid dienone is 1. The van der Waals surface area contributed by atoms with Crippen molar-refractivity contribution in [2.45, 2.75) is 27.7 Å². The number of amides is 1. The van der Waals surface area contributed by atoms with E-state index in [4.69, 9.17) is 9.79 Å². The van der Waals surface area contributed by atoms with Gasteiger partial charge in [-0.15, -0.1) is 0 Å². The van der Waals surface area contributed by atoms with Gasteiger partial charge < -0.3 is 5.73 Å². The van der Waals surface area contributed by atoms with E-state index < -0.39 is 0 Å². The number of hydrogen-bond donors (Lipinski definition) is 1. The molecule has 0 bridgehead atoms. The summed E-state index contributed by atoms with van der Waals surface area (Å²) in [6, 6.07) is 8.37. The summed E-state index contributed by atoms with van der Waals surface area (Å²) in [5.41, 5.74) is 7.81. The molecule has 3 nitrogen and oxygen atoms in total. The van der Waals surface area contributed by atoms with Crippen molar-refractivity contribution >= 4 is 23.9 Å². The van der Waals surface area contributed by atoms with E-state index in [1.165, 1.54) is 11.3 Å². The molecule has 1 aromatic carbocycles. The van der Waals surface area contributed by atoms with Crippen molar-refractivity contribution in [3.8, 4) is 0 Å². The maximum absolute atomic E-state index is 8.58. The number of hydrogen-bond acceptors (Lipinski definition) is 2. The number of aliphatic imine (C=N–C) groups is 1. The SMILES string of the molecule is CC(C)C1=Nc2ccccc2C=CC1C(C)C.NC=O. The summed E-state index contributed by atoms with van der Waals surface area (Å²) in [7, 11) is 0. The van der Waals surface area contributed by atoms with Crippen LogP contribution in [0.5, 0.6) is 0 Å². The molecule has 1 heterocycles. The normalized spacial score (nSPS) is 16.9. The molecule has 0 spiro atoms. The molecule has 108 valence electrons. The first-order chi connectivity index (χ1) is 9.51. The van der Waals surface area contributed by atoms with Crippen LogP contribution in [0.1, 0.15) is 33.3 Å². The Morgan fingerprint density at radius 1 is 1.20 bits per heavy atom. The fourth-order valence-electron chi connectivity index (χ4n) is 2.33. The zero-order valence-corrected chi connectivity index (χ0v) is 12.7. The molecule has 1 unspecified atom stereocenters. The third-order valence-corrected chi connectivity index (χ3v) is 3.32. The molecule has 0 fully saturated rings. The van der Waals surface area contributed by atoms with Crippen LogP contribution in [0.25, 0.3) is 6.08 Å². The average molecular weight is 272 g/mol. The molecule has 20 heavy (non-hydrogen) atoms. The molecule has 0 aromatic heterocycles. The number of nitrogens with two attached hydrogens (primary N) is 1. The van der Waals surface area contributed by atoms with Crippen molar-refractivity contribution in [2.24, 2.45) is 28.5 Å². The Morgan fingerprint density at radius 3 is 2.35 bits per heavy atom. The van der Waals surface area contributed by atoms with Gasteiger partial charge in [-0.3, -0.25) is 9.79 Å². The lowest BCUT2D eigenvalue weighted by Gasteiger charge is -2.21. The van der Waals surface area contributed by atoms with Gasteiger partial charge in [0.15, 0.2) is 0 Å². The first-order valence-electron chi connectivity index (χ1n) is 7.02. The highest BCUT2D eigenvalue weighted by Gasteiger charge is 2.22. The van der Waals surface area contributed by atoms with Gasteiger partial charge in [-0.05, 0) is 23.5 Å². The fourth-order valence-corrected chi connectivity index (χ4v) is 2.33. The number of nitrogens with zero attached hydrogens (tertiary/aromatic N) is 1. The Balaban J connectivity index is 0.000000612. The van der Waals surface area contributed by atoms with Crippen LogP contribution in [0.2, 0.25) is 0 Å². The molecule has 2 rings (SSSR count). The highest BCUT2D eigenvalue weighted by atomic mass is 16.1. The molecule has 0 saturated heterocycles. The number of fused-ring (bicyclic) bond motifs is 1. The summed E-state index contributed by atoms with van der Waals surface area (Å²) in [4.78, 5) is 13.5. The Bertz CT molecular complexity index is 501. The monoisotopic (exact) mass is 272 g/mol. The Kier molecular flexibility index (Phi) is 6.16. The van der Waals surface area contributed by atoms with Crippen LogP contribution in [-0.4, -0.2) is 12.1 Å². The topological polar surface area (TPSA) is 55.4 Å². The molecular weight excluding hydrogens is 248 g/mol. The highest BCUT2D eigenvalue weighted by molar-refractivity contribution is 5.95. The molecule has 1 amide bonds. The van der Waals surface area contributed by atoms with Crippen LogP contribution in [-0.2, 0) is 4.79 Å². The van der Waals surface area contributed by atoms with E-state index in [1.54, 1.807) is 0 Å². The predicted octanol–water partition coefficient (Wildman–Crippen LogP) is 3.82. The minimum Gasteiger partial charge on any atom is -0.372 e. The van der Waals surface area contributed by atoms with E-state index in [9.17, 15) is 0 Å². The summed E-state index contributed by atoms with van der Waals surface area (Å²) >= 11 is 0. The molecule has 1 aliphatic heterocycles. The average Bonchev–Trinajstić information content (AvgIpc) is 2.59. The lowest BCUT2D eigenvalue weighted by Crippen LogP contribution is -2.22. The van der Waals surface area contributed by atoms with Gasteiger partial charge in [0.25, 0.3) is 0 Å². The molecule has 1 aliphatic rings. The van der Waals surface area contributed by atoms with Crippen molar-refractivity contribution < 1.29 is 4.79 Å². The summed E-state index contributed by atoms with van der Waals surface area (Å²) in [5, 5.41) is 0. The molecule has 1 atom stereocenters. The standard InChI is InChI=1S/C16H21N.CH3NO/c1-11(2)14-10-9-13-7-5-6-8-15(13)17-16(14)12(3)4;2-1-3/h5-12,14H,1-4H3;1H,(H2,2,3). The number of para-hydroxylation sites is 1. The lowest BCUT2D eigenvalue weighted by molar-refractivity contribution is -0.106. The number of benzene rings is 1. The van der Waals surface area contributed by atoms with E-state index in [0.717, 1.165) is 5.69 Å². The van der Waals surface area contributed by atoms with Gasteiger partial charge >= 0.3 is 0 Å². The lowest BCUT2D eigenvalue weighted by atomic mass is 9.85. The van der Waals surface area contributed by atoms with Crippen molar-refractivity contribution in [2.75, 3.05) is 0 Å². The first kappa shape index (κ1) is 16.2. The Hall–Kier alpha value is -1.90. The first-order valence-corrected chi connectivity index (χ1v) is 7.02. The fraction of sp³-hybridized carbons (Fsp3) is 0.412. The number of primary amides is 1. The molecule has 2 N–H and O–H groups in total. The maximum Gasteiger partial charge on any atom is 0.204 e. The quantitative estimate of drug-likeness (QED) is 0.818. The zero-order chi connectivity index (χ0) is 15.1. The van der Waals surface area contributed by atoms with E-state index in [1.807, 2.05) is 0 Å². The smallest absolute Gasteiger partial charge is 0.204 e. The van der Waals surface area contributed by atoms with Crippen LogP contribution in [0, 0.1) is 17.8 Å². The van der Waals surface area contributed by atoms with E-state index in [-0.39, 0.29) is 6.41 Å². The second-order valence-corrected chi connectivity index (χ2v) is 5.52. The van der Waals surface area contributed by atoms with Crippen molar-refractivity contribution in [3.63, 3.8) is 0 Å². The maximum atomic E-state index is 8.58. The third kappa shape index (κ3) is 4.05. The zero-order valence-electron chi connectivity index (χ0n) is 12.7. The Morgan fingerprint density at radius 2 is 1.80 bits per heavy atom. The minimum absolute atomic E-state index is 0.250. The highest BCUT2D eigenvalue weighted by Crippen LogP contribution is 2.30. The predicted molar refractivity (Wildman–Crippen MR) is 86.0 cm³/mol. The van der Waals surface area contributed by atoms with Crippen LogP contribution >= 0.6 is 0 Å². The van der Waals surface area contributed by atoms with Gasteiger partial charge in [0, 0.05) is 11.6 Å². The van der Waals surface area contributed by atoms with Crippen molar-refractivity contribution in [1.82, 2.24) is 0 Å². The second kappa shape index (κ2) is 7.63. The third-order valence-electron chi connectivity index (χ3n) is 3.32. The number of rotatable bonds is 2. The van der Waals surface area contributed by atoms with Gasteiger partial charge in [0.1, 0.15) is 0 Å². The van der Waals surface area contributed by atoms with Crippen molar-refractivity contribution in [1.29, 1.82) is 0 Å². The van der Waals surface area contributed by atoms with Crippen molar-refractivity contribution in [3.05, 3.63) is 35.9 Å². The van der Waals surface area contributed by atoms with Crippen LogP contribution < -0.4 is 5.73 Å². The number of carbonyl (C=O) groups excluding carboxylic acids is 1. The van der Waals surface area contributed by atoms with Gasteiger partial charge in [0.2, 0.25) is 6.41 Å². The number of carbonyl (C=O) groups is 1. The van der Waals surface area contributed by atoms with Crippen LogP contribution in [0.3, 0.4) is 0 Å². The molecule has 0 saturated carbocycles. The summed E-state index contributed by atoms with van der Waals surface area (Å²) in [6.45, 7) is 9.00. The van der Waals surface area contributed by atoms with Crippen LogP contribution in [0.15, 0.2) is 35.3 Å². The molecule has 0 aliphatic carbocycles. The Labute approximate surface area is 121 Å². The van der Waals surface area contributed by atoms with E-state index in [2.05, 4.69) is 69.8 Å². The van der Waals surface area contributed by atoms with E-state index in [0.29, 0.717) is 17.8 Å². The summed E-state index contributed by atoms with van der Waals surface area (Å²) < 4.78 is 0. The summed E-state index contributed by atoms with van der Waals surface area (Å²) in [6.07, 6.45) is 4.79. The van der Waals surface area contributed by atoms with Crippen LogP contribution in [0.4, 0.5) is 5.69 Å². The molecule has 3 heteroatoms. The van der Waals surface area contributed by atoms with E-state index >= 15 is 0 Å². The summed E-state index contributed by atoms with van der Waals surface area (Å²) in [5.74, 6) is 1.56. The minimum atomic E-state index is 0.250. The second-order valence-electron chi connectivity index (χ2n) is 5.52. The molecule has 1 aromatic rings. The molecular formula is C17H24N2O. The largest absolute Gasteiger partial charge is 0.372 e. The van der Waals surface area contributed by atoms with Gasteiger partial charge in [0.05, 0.1) is 5.69 Å².